The van der Waals surface area contributed by atoms with Crippen molar-refractivity contribution in [3.63, 3.8) is 0 Å². The van der Waals surface area contributed by atoms with Gasteiger partial charge < -0.3 is 0 Å². The summed E-state index contributed by atoms with van der Waals surface area (Å²) in [6.45, 7) is 3.81. The Morgan fingerprint density at radius 2 is 2.05 bits per heavy atom. The fourth-order valence-electron chi connectivity index (χ4n) is 1.83. The molecule has 2 nitrogen and oxygen atoms in total. The van der Waals surface area contributed by atoms with Gasteiger partial charge in [0.2, 0.25) is 0 Å². The molecular weight excluding hydrogens is 272 g/mol. The average molecular weight is 284 g/mol. The van der Waals surface area contributed by atoms with E-state index in [-0.39, 0.29) is 0 Å². The van der Waals surface area contributed by atoms with Gasteiger partial charge in [-0.25, -0.2) is 4.98 Å². The molecule has 0 atom stereocenters. The van der Waals surface area contributed by atoms with Gasteiger partial charge in [0.05, 0.1) is 16.6 Å². The summed E-state index contributed by atoms with van der Waals surface area (Å²) < 4.78 is 1.27. The highest BCUT2D eigenvalue weighted by Crippen LogP contribution is 2.36. The Balaban J connectivity index is 2.06. The first-order chi connectivity index (χ1) is 9.10. The Bertz CT molecular complexity index is 742. The second-order valence-corrected chi connectivity index (χ2v) is 6.87. The van der Waals surface area contributed by atoms with E-state index in [4.69, 9.17) is 5.26 Å². The third-order valence-electron chi connectivity index (χ3n) is 3.00. The van der Waals surface area contributed by atoms with E-state index in [1.165, 1.54) is 10.1 Å². The van der Waals surface area contributed by atoms with Crippen molar-refractivity contribution in [2.45, 2.75) is 19.3 Å². The number of fused-ring (bicyclic) bond motifs is 1. The van der Waals surface area contributed by atoms with Crippen molar-refractivity contribution >= 4 is 32.8 Å². The lowest BCUT2D eigenvalue weighted by molar-refractivity contribution is 0.680. The van der Waals surface area contributed by atoms with E-state index in [9.17, 15) is 0 Å². The zero-order chi connectivity index (χ0) is 13.5. The summed E-state index contributed by atoms with van der Waals surface area (Å²) in [6, 6.07) is 12.8. The maximum Gasteiger partial charge on any atom is 0.113 e. The number of hydrogen-bond donors (Lipinski definition) is 0. The summed E-state index contributed by atoms with van der Waals surface area (Å²) in [5.41, 5.74) is 0.462. The minimum atomic E-state index is -0.514. The number of thiophene rings is 1. The highest BCUT2D eigenvalue weighted by atomic mass is 32.1. The lowest BCUT2D eigenvalue weighted by Crippen LogP contribution is -2.13. The number of nitrogens with zero attached hydrogens (tertiary/aromatic N) is 2. The predicted octanol–water partition coefficient (Wildman–Crippen LogP) is 4.83. The summed E-state index contributed by atoms with van der Waals surface area (Å²) in [7, 11) is 0. The van der Waals surface area contributed by atoms with E-state index in [0.29, 0.717) is 0 Å². The molecule has 0 saturated carbocycles. The van der Waals surface area contributed by atoms with E-state index >= 15 is 0 Å². The third kappa shape index (κ3) is 2.16. The lowest BCUT2D eigenvalue weighted by Gasteiger charge is -2.09. The molecule has 3 rings (SSSR count). The van der Waals surface area contributed by atoms with Crippen LogP contribution in [0.3, 0.4) is 0 Å². The summed E-state index contributed by atoms with van der Waals surface area (Å²) >= 11 is 3.30. The second kappa shape index (κ2) is 4.44. The summed E-state index contributed by atoms with van der Waals surface area (Å²) in [4.78, 5) is 5.79. The van der Waals surface area contributed by atoms with Gasteiger partial charge in [0.1, 0.15) is 10.4 Å². The molecule has 94 valence electrons. The van der Waals surface area contributed by atoms with Crippen LogP contribution in [0.25, 0.3) is 20.7 Å². The molecule has 3 aromatic rings. The number of thiazole rings is 1. The maximum atomic E-state index is 9.16. The van der Waals surface area contributed by atoms with Crippen molar-refractivity contribution in [3.05, 3.63) is 40.7 Å². The lowest BCUT2D eigenvalue weighted by atomic mass is 9.97. The van der Waals surface area contributed by atoms with E-state index in [2.05, 4.69) is 29.3 Å². The van der Waals surface area contributed by atoms with Gasteiger partial charge in [-0.2, -0.15) is 5.26 Å². The van der Waals surface area contributed by atoms with Gasteiger partial charge in [-0.15, -0.1) is 22.7 Å². The Hall–Kier alpha value is -1.70. The molecule has 2 aromatic heterocycles. The summed E-state index contributed by atoms with van der Waals surface area (Å²) in [5, 5.41) is 13.3. The number of aromatic nitrogens is 1. The molecule has 0 aliphatic heterocycles. The summed E-state index contributed by atoms with van der Waals surface area (Å²) in [6.07, 6.45) is 0. The molecule has 0 spiro atoms. The SMILES string of the molecule is CC(C)(C#N)c1nc(-c2cc3ccccc3s2)cs1. The van der Waals surface area contributed by atoms with Crippen molar-refractivity contribution in [1.82, 2.24) is 4.98 Å². The fourth-order valence-corrected chi connectivity index (χ4v) is 3.82. The van der Waals surface area contributed by atoms with Crippen molar-refractivity contribution in [1.29, 1.82) is 5.26 Å². The third-order valence-corrected chi connectivity index (χ3v) is 5.30. The molecule has 0 saturated heterocycles. The minimum absolute atomic E-state index is 0.514. The zero-order valence-electron chi connectivity index (χ0n) is 10.7. The molecule has 0 unspecified atom stereocenters. The standard InChI is InChI=1S/C15H12N2S2/c1-15(2,9-16)14-17-11(8-18-14)13-7-10-5-3-4-6-12(10)19-13/h3-8H,1-2H3. The van der Waals surface area contributed by atoms with Crippen molar-refractivity contribution in [2.75, 3.05) is 0 Å². The molecule has 2 heterocycles. The van der Waals surface area contributed by atoms with Gasteiger partial charge in [0.25, 0.3) is 0 Å². The average Bonchev–Trinajstić information content (AvgIpc) is 3.05. The van der Waals surface area contributed by atoms with Crippen LogP contribution >= 0.6 is 22.7 Å². The van der Waals surface area contributed by atoms with Crippen LogP contribution in [0.15, 0.2) is 35.7 Å². The van der Waals surface area contributed by atoms with Gasteiger partial charge in [-0.1, -0.05) is 18.2 Å². The van der Waals surface area contributed by atoms with E-state index in [0.717, 1.165) is 15.6 Å². The van der Waals surface area contributed by atoms with Crippen LogP contribution < -0.4 is 0 Å². The molecule has 0 bridgehead atoms. The maximum absolute atomic E-state index is 9.16. The quantitative estimate of drug-likeness (QED) is 0.676. The smallest absolute Gasteiger partial charge is 0.113 e. The largest absolute Gasteiger partial charge is 0.239 e. The van der Waals surface area contributed by atoms with Crippen LogP contribution in [-0.2, 0) is 5.41 Å². The van der Waals surface area contributed by atoms with Gasteiger partial charge in [0, 0.05) is 10.1 Å². The molecule has 4 heteroatoms. The second-order valence-electron chi connectivity index (χ2n) is 4.92. The van der Waals surface area contributed by atoms with Crippen molar-refractivity contribution in [3.8, 4) is 16.6 Å². The number of rotatable bonds is 2. The highest BCUT2D eigenvalue weighted by molar-refractivity contribution is 7.22. The predicted molar refractivity (Wildman–Crippen MR) is 81.6 cm³/mol. The van der Waals surface area contributed by atoms with E-state index in [1.807, 2.05) is 31.4 Å². The first-order valence-electron chi connectivity index (χ1n) is 5.96. The first kappa shape index (κ1) is 12.3. The Labute approximate surface area is 120 Å². The van der Waals surface area contributed by atoms with Crippen LogP contribution in [0, 0.1) is 11.3 Å². The molecular formula is C15H12N2S2. The molecule has 0 amide bonds. The van der Waals surface area contributed by atoms with Gasteiger partial charge in [-0.05, 0) is 31.4 Å². The number of benzene rings is 1. The first-order valence-corrected chi connectivity index (χ1v) is 7.66. The molecule has 0 aliphatic carbocycles. The van der Waals surface area contributed by atoms with Crippen LogP contribution in [-0.4, -0.2) is 4.98 Å². The molecule has 19 heavy (non-hydrogen) atoms. The number of hydrogen-bond acceptors (Lipinski definition) is 4. The fraction of sp³-hybridized carbons (Fsp3) is 0.200. The zero-order valence-corrected chi connectivity index (χ0v) is 12.3. The van der Waals surface area contributed by atoms with Crippen LogP contribution in [0.2, 0.25) is 0 Å². The normalized spacial score (nSPS) is 11.6. The van der Waals surface area contributed by atoms with Crippen molar-refractivity contribution in [2.24, 2.45) is 0 Å². The molecule has 1 aromatic carbocycles. The molecule has 0 N–H and O–H groups in total. The van der Waals surface area contributed by atoms with E-state index in [1.54, 1.807) is 22.7 Å². The Morgan fingerprint density at radius 3 is 2.79 bits per heavy atom. The van der Waals surface area contributed by atoms with Gasteiger partial charge >= 0.3 is 0 Å². The van der Waals surface area contributed by atoms with Gasteiger partial charge in [-0.3, -0.25) is 0 Å². The van der Waals surface area contributed by atoms with Crippen LogP contribution in [0.1, 0.15) is 18.9 Å². The monoisotopic (exact) mass is 284 g/mol. The van der Waals surface area contributed by atoms with Crippen LogP contribution in [0.5, 0.6) is 0 Å². The Morgan fingerprint density at radius 1 is 1.26 bits per heavy atom. The summed E-state index contributed by atoms with van der Waals surface area (Å²) in [5.74, 6) is 0. The molecule has 0 radical (unpaired) electrons. The van der Waals surface area contributed by atoms with E-state index < -0.39 is 5.41 Å². The van der Waals surface area contributed by atoms with Gasteiger partial charge in [0.15, 0.2) is 0 Å². The molecule has 0 fully saturated rings. The topological polar surface area (TPSA) is 36.7 Å². The minimum Gasteiger partial charge on any atom is -0.239 e. The van der Waals surface area contributed by atoms with Crippen LogP contribution in [0.4, 0.5) is 0 Å². The molecule has 0 aliphatic rings. The number of nitriles is 1. The Kier molecular flexibility index (Phi) is 2.89. The highest BCUT2D eigenvalue weighted by Gasteiger charge is 2.24. The van der Waals surface area contributed by atoms with Crippen molar-refractivity contribution < 1.29 is 0 Å².